The Bertz CT molecular complexity index is 2090. The molecule has 7 atom stereocenters. The predicted molar refractivity (Wildman–Crippen MR) is 182 cm³/mol. The van der Waals surface area contributed by atoms with Gasteiger partial charge < -0.3 is 15.0 Å². The molecule has 0 unspecified atom stereocenters. The van der Waals surface area contributed by atoms with Gasteiger partial charge >= 0.3 is 11.0 Å². The Morgan fingerprint density at radius 3 is 2.47 bits per heavy atom. The maximum atomic E-state index is 14.0. The Labute approximate surface area is 298 Å². The highest BCUT2D eigenvalue weighted by Crippen LogP contribution is 2.69. The summed E-state index contributed by atoms with van der Waals surface area (Å²) in [6, 6.07) is 16.6. The van der Waals surface area contributed by atoms with Crippen molar-refractivity contribution in [1.82, 2.24) is 4.98 Å². The molecule has 2 aliphatic heterocycles. The number of para-hydroxylation sites is 1. The first kappa shape index (κ1) is 32.6. The van der Waals surface area contributed by atoms with Crippen LogP contribution in [0.15, 0.2) is 81.0 Å². The lowest BCUT2D eigenvalue weighted by atomic mass is 9.68. The molecule has 3 aromatic carbocycles. The molecule has 15 heteroatoms. The molecule has 3 heterocycles. The lowest BCUT2D eigenvalue weighted by molar-refractivity contribution is -0.137. The van der Waals surface area contributed by atoms with Gasteiger partial charge in [0.05, 0.1) is 33.8 Å². The molecule has 252 valence electrons. The summed E-state index contributed by atoms with van der Waals surface area (Å²) in [6.07, 6.45) is -4.00. The van der Waals surface area contributed by atoms with E-state index in [9.17, 15) is 32.3 Å². The third kappa shape index (κ3) is 5.42. The van der Waals surface area contributed by atoms with Crippen LogP contribution in [0.1, 0.15) is 28.3 Å². The van der Waals surface area contributed by atoms with Crippen molar-refractivity contribution < 1.29 is 32.3 Å². The van der Waals surface area contributed by atoms with Gasteiger partial charge in [0.25, 0.3) is 5.91 Å². The number of ether oxygens (including phenoxy) is 1. The van der Waals surface area contributed by atoms with Crippen LogP contribution in [0.2, 0.25) is 5.02 Å². The fraction of sp³-hybridized carbons (Fsp3) is 0.294. The summed E-state index contributed by atoms with van der Waals surface area (Å²) in [7, 11) is 0. The first-order valence-electron chi connectivity index (χ1n) is 15.3. The molecule has 0 radical (unpaired) electrons. The summed E-state index contributed by atoms with van der Waals surface area (Å²) in [5.41, 5.74) is -0.264. The Kier molecular flexibility index (Phi) is 8.00. The van der Waals surface area contributed by atoms with E-state index in [0.29, 0.717) is 27.7 Å². The normalized spacial score (nSPS) is 26.8. The molecule has 2 bridgehead atoms. The van der Waals surface area contributed by atoms with E-state index in [1.54, 1.807) is 42.5 Å². The average molecular weight is 791 g/mol. The summed E-state index contributed by atoms with van der Waals surface area (Å²) in [6.45, 7) is -0.599. The number of alkyl halides is 3. The Hall–Kier alpha value is -3.59. The van der Waals surface area contributed by atoms with Gasteiger partial charge in [-0.05, 0) is 78.8 Å². The Balaban J connectivity index is 1.12. The van der Waals surface area contributed by atoms with Crippen molar-refractivity contribution >= 4 is 79.7 Å². The molecule has 0 spiro atoms. The number of aromatic amines is 1. The molecule has 1 aromatic heterocycles. The summed E-state index contributed by atoms with van der Waals surface area (Å²) in [5.74, 6) is -2.94. The van der Waals surface area contributed by atoms with Gasteiger partial charge in [0.15, 0.2) is 6.61 Å². The predicted octanol–water partition coefficient (Wildman–Crippen LogP) is 7.57. The third-order valence-corrected chi connectivity index (χ3v) is 13.3. The van der Waals surface area contributed by atoms with Crippen molar-refractivity contribution in [2.75, 3.05) is 16.8 Å². The molecule has 8 nitrogen and oxygen atoms in total. The number of fused-ring (bicyclic) bond motifs is 9. The SMILES string of the molecule is O=C(COc1ccc(Cl)cc1[C@@H]1c2sc(=O)[nH]c2S[C@@H]2[C@@H]3C[C@@H]([C@@H]4C(=O)N(c5ccc(Br)cc5)C(=O)[C@@H]34)[C@H]12)Nc1ccccc1C(F)(F)F. The van der Waals surface area contributed by atoms with Crippen LogP contribution >= 0.6 is 50.6 Å². The quantitative estimate of drug-likeness (QED) is 0.195. The van der Waals surface area contributed by atoms with Gasteiger partial charge in [0, 0.05) is 31.1 Å². The third-order valence-electron chi connectivity index (χ3n) is 9.98. The number of thioether (sulfide) groups is 1. The van der Waals surface area contributed by atoms with Crippen LogP contribution in [0.25, 0.3) is 0 Å². The second kappa shape index (κ2) is 12.0. The first-order valence-corrected chi connectivity index (χ1v) is 18.2. The number of imide groups is 1. The number of amides is 3. The standard InChI is InChI=1S/C34H24BrClF3N3O5S2/c35-14-5-8-16(9-6-14)42-31(44)26-18-12-19(27(26)32(42)45)28-25(18)24(29-30(48-28)41-33(46)49-29)17-11-15(36)7-10-22(17)47-13-23(43)40-21-4-2-1-3-20(21)34(37,38)39/h1-11,18-19,24-28H,12-13H2,(H,40,43)(H,41,46)/t18-,19-,24+,25-,26+,27+,28-/m1/s1. The molecular formula is C34H24BrClF3N3O5S2. The van der Waals surface area contributed by atoms with E-state index in [4.69, 9.17) is 16.3 Å². The van der Waals surface area contributed by atoms with Crippen molar-refractivity contribution in [2.24, 2.45) is 29.6 Å². The molecule has 4 aromatic rings. The summed E-state index contributed by atoms with van der Waals surface area (Å²) < 4.78 is 47.4. The topological polar surface area (TPSA) is 109 Å². The molecule has 3 fully saturated rings. The molecule has 1 saturated heterocycles. The van der Waals surface area contributed by atoms with Gasteiger partial charge in [0.1, 0.15) is 5.75 Å². The Morgan fingerprint density at radius 1 is 1.02 bits per heavy atom. The zero-order chi connectivity index (χ0) is 34.4. The number of aromatic nitrogens is 1. The van der Waals surface area contributed by atoms with Crippen LogP contribution in [-0.2, 0) is 20.6 Å². The minimum absolute atomic E-state index is 0.107. The van der Waals surface area contributed by atoms with E-state index < -0.39 is 47.7 Å². The molecule has 8 rings (SSSR count). The van der Waals surface area contributed by atoms with E-state index in [-0.39, 0.29) is 45.4 Å². The number of carbonyl (C=O) groups excluding carboxylic acids is 3. The van der Waals surface area contributed by atoms with E-state index in [1.165, 1.54) is 34.9 Å². The molecule has 4 aliphatic rings. The minimum Gasteiger partial charge on any atom is -0.483 e. The molecule has 2 saturated carbocycles. The maximum Gasteiger partial charge on any atom is 0.418 e. The van der Waals surface area contributed by atoms with Crippen LogP contribution in [0.4, 0.5) is 24.5 Å². The van der Waals surface area contributed by atoms with Crippen molar-refractivity contribution in [1.29, 1.82) is 0 Å². The van der Waals surface area contributed by atoms with Crippen LogP contribution in [-0.4, -0.2) is 34.6 Å². The number of carbonyl (C=O) groups is 3. The Morgan fingerprint density at radius 2 is 1.73 bits per heavy atom. The molecule has 49 heavy (non-hydrogen) atoms. The van der Waals surface area contributed by atoms with Gasteiger partial charge in [-0.25, -0.2) is 0 Å². The number of thiazole rings is 1. The lowest BCUT2D eigenvalue weighted by Gasteiger charge is -2.43. The number of halogens is 5. The van der Waals surface area contributed by atoms with E-state index >= 15 is 0 Å². The van der Waals surface area contributed by atoms with Gasteiger partial charge in [-0.1, -0.05) is 51.0 Å². The first-order chi connectivity index (χ1) is 23.4. The van der Waals surface area contributed by atoms with Crippen LogP contribution < -0.4 is 19.8 Å². The zero-order valence-electron chi connectivity index (χ0n) is 25.0. The van der Waals surface area contributed by atoms with Crippen molar-refractivity contribution in [3.63, 3.8) is 0 Å². The number of anilines is 2. The highest BCUT2D eigenvalue weighted by atomic mass is 79.9. The van der Waals surface area contributed by atoms with Crippen LogP contribution in [0.5, 0.6) is 5.75 Å². The average Bonchev–Trinajstić information content (AvgIpc) is 3.79. The van der Waals surface area contributed by atoms with E-state index in [1.807, 2.05) is 0 Å². The number of H-pyrrole nitrogens is 1. The van der Waals surface area contributed by atoms with Gasteiger partial charge in [-0.3, -0.25) is 24.1 Å². The number of nitrogens with zero attached hydrogens (tertiary/aromatic N) is 1. The highest BCUT2D eigenvalue weighted by molar-refractivity contribution is 9.10. The second-order valence-electron chi connectivity index (χ2n) is 12.5. The largest absolute Gasteiger partial charge is 0.483 e. The lowest BCUT2D eigenvalue weighted by Crippen LogP contribution is -2.42. The monoisotopic (exact) mass is 789 g/mol. The summed E-state index contributed by atoms with van der Waals surface area (Å²) in [5, 5.41) is 3.24. The van der Waals surface area contributed by atoms with Gasteiger partial charge in [0.2, 0.25) is 11.8 Å². The fourth-order valence-corrected chi connectivity index (χ4v) is 11.6. The number of hydrogen-bond donors (Lipinski definition) is 2. The number of benzene rings is 3. The van der Waals surface area contributed by atoms with Crippen molar-refractivity contribution in [2.45, 2.75) is 28.8 Å². The number of hydrogen-bond acceptors (Lipinski definition) is 7. The van der Waals surface area contributed by atoms with Gasteiger partial charge in [-0.2, -0.15) is 13.2 Å². The van der Waals surface area contributed by atoms with Crippen LogP contribution in [0, 0.1) is 29.6 Å². The number of rotatable bonds is 6. The second-order valence-corrected chi connectivity index (χ2v) is 16.1. The maximum absolute atomic E-state index is 14.0. The summed E-state index contributed by atoms with van der Waals surface area (Å²) >= 11 is 12.5. The molecule has 2 N–H and O–H groups in total. The van der Waals surface area contributed by atoms with Crippen LogP contribution in [0.3, 0.4) is 0 Å². The van der Waals surface area contributed by atoms with E-state index in [0.717, 1.165) is 26.8 Å². The molecule has 2 aliphatic carbocycles. The van der Waals surface area contributed by atoms with Gasteiger partial charge in [-0.15, -0.1) is 11.8 Å². The van der Waals surface area contributed by atoms with E-state index in [2.05, 4.69) is 26.2 Å². The number of nitrogens with one attached hydrogen (secondary N) is 2. The smallest absolute Gasteiger partial charge is 0.418 e. The van der Waals surface area contributed by atoms with Crippen molar-refractivity contribution in [3.05, 3.63) is 102 Å². The molecule has 3 amide bonds. The molecular weight excluding hydrogens is 767 g/mol. The zero-order valence-corrected chi connectivity index (χ0v) is 29.0. The summed E-state index contributed by atoms with van der Waals surface area (Å²) in [4.78, 5) is 58.3. The van der Waals surface area contributed by atoms with Crippen molar-refractivity contribution in [3.8, 4) is 5.75 Å². The minimum atomic E-state index is -4.67. The highest BCUT2D eigenvalue weighted by Gasteiger charge is 2.70. The fourth-order valence-electron chi connectivity index (χ4n) is 8.27.